The van der Waals surface area contributed by atoms with Crippen LogP contribution in [0, 0.1) is 6.92 Å². The Kier molecular flexibility index (Phi) is 6.65. The summed E-state index contributed by atoms with van der Waals surface area (Å²) in [5.41, 5.74) is 2.30. The van der Waals surface area contributed by atoms with Crippen LogP contribution in [0.25, 0.3) is 0 Å². The average molecular weight is 373 g/mol. The van der Waals surface area contributed by atoms with Gasteiger partial charge >= 0.3 is 5.97 Å². The second-order valence-corrected chi connectivity index (χ2v) is 5.73. The molecule has 144 valence electrons. The molecular weight excluding hydrogens is 350 g/mol. The summed E-state index contributed by atoms with van der Waals surface area (Å²) in [7, 11) is 5.87. The molecule has 2 rings (SSSR count). The topological polar surface area (TPSA) is 83.1 Å². The first-order chi connectivity index (χ1) is 12.9. The second-order valence-electron chi connectivity index (χ2n) is 5.73. The molecule has 1 amide bonds. The number of ether oxygens (including phenoxy) is 4. The predicted molar refractivity (Wildman–Crippen MR) is 101 cm³/mol. The summed E-state index contributed by atoms with van der Waals surface area (Å²) in [6.07, 6.45) is 0.0958. The molecule has 1 N–H and O–H groups in total. The molecule has 0 saturated carbocycles. The fourth-order valence-corrected chi connectivity index (χ4v) is 2.72. The minimum atomic E-state index is -0.451. The molecule has 0 unspecified atom stereocenters. The summed E-state index contributed by atoms with van der Waals surface area (Å²) in [5, 5.41) is 2.82. The van der Waals surface area contributed by atoms with Crippen molar-refractivity contribution in [2.45, 2.75) is 13.3 Å². The van der Waals surface area contributed by atoms with Crippen molar-refractivity contribution >= 4 is 17.6 Å². The van der Waals surface area contributed by atoms with Crippen molar-refractivity contribution in [3.63, 3.8) is 0 Å². The zero-order valence-electron chi connectivity index (χ0n) is 16.0. The molecule has 0 aliphatic rings. The summed E-state index contributed by atoms with van der Waals surface area (Å²) in [6.45, 7) is 1.75. The van der Waals surface area contributed by atoms with Crippen LogP contribution in [0.3, 0.4) is 0 Å². The van der Waals surface area contributed by atoms with Crippen LogP contribution in [0.5, 0.6) is 17.2 Å². The number of anilines is 1. The van der Waals surface area contributed by atoms with E-state index in [0.29, 0.717) is 39.6 Å². The average Bonchev–Trinajstić information content (AvgIpc) is 2.68. The van der Waals surface area contributed by atoms with Gasteiger partial charge in [0.25, 0.3) is 0 Å². The van der Waals surface area contributed by atoms with Crippen LogP contribution in [0.2, 0.25) is 0 Å². The minimum Gasteiger partial charge on any atom is -0.493 e. The molecule has 0 atom stereocenters. The van der Waals surface area contributed by atoms with Crippen LogP contribution in [-0.4, -0.2) is 40.3 Å². The monoisotopic (exact) mass is 373 g/mol. The van der Waals surface area contributed by atoms with Gasteiger partial charge in [-0.2, -0.15) is 0 Å². The lowest BCUT2D eigenvalue weighted by molar-refractivity contribution is -0.115. The Bertz CT molecular complexity index is 821. The Balaban J connectivity index is 2.23. The van der Waals surface area contributed by atoms with Gasteiger partial charge in [0.15, 0.2) is 11.5 Å². The quantitative estimate of drug-likeness (QED) is 0.752. The molecule has 0 heterocycles. The lowest BCUT2D eigenvalue weighted by atomic mass is 10.1. The van der Waals surface area contributed by atoms with Gasteiger partial charge in [-0.15, -0.1) is 0 Å². The van der Waals surface area contributed by atoms with Gasteiger partial charge in [-0.1, -0.05) is 6.07 Å². The number of benzene rings is 2. The standard InChI is InChI=1S/C20H23NO6/c1-12-14(20(23)27-5)7-6-8-15(12)21-18(22)11-13-9-16(24-2)19(26-4)17(10-13)25-3/h6-10H,11H2,1-5H3,(H,21,22). The fraction of sp³-hybridized carbons (Fsp3) is 0.300. The van der Waals surface area contributed by atoms with Crippen LogP contribution >= 0.6 is 0 Å². The second kappa shape index (κ2) is 8.93. The van der Waals surface area contributed by atoms with Crippen LogP contribution in [0.1, 0.15) is 21.5 Å². The zero-order valence-corrected chi connectivity index (χ0v) is 16.0. The van der Waals surface area contributed by atoms with Gasteiger partial charge < -0.3 is 24.3 Å². The number of amides is 1. The number of hydrogen-bond acceptors (Lipinski definition) is 6. The number of esters is 1. The highest BCUT2D eigenvalue weighted by molar-refractivity contribution is 5.97. The molecule has 27 heavy (non-hydrogen) atoms. The van der Waals surface area contributed by atoms with E-state index in [-0.39, 0.29) is 12.3 Å². The number of nitrogens with one attached hydrogen (secondary N) is 1. The van der Waals surface area contributed by atoms with Crippen molar-refractivity contribution in [1.29, 1.82) is 0 Å². The summed E-state index contributed by atoms with van der Waals surface area (Å²) in [6, 6.07) is 8.51. The predicted octanol–water partition coefficient (Wildman–Crippen LogP) is 2.99. The molecule has 0 spiro atoms. The first-order valence-corrected chi connectivity index (χ1v) is 8.21. The van der Waals surface area contributed by atoms with Gasteiger partial charge in [0, 0.05) is 5.69 Å². The van der Waals surface area contributed by atoms with Crippen LogP contribution < -0.4 is 19.5 Å². The van der Waals surface area contributed by atoms with Crippen molar-refractivity contribution in [3.8, 4) is 17.2 Å². The van der Waals surface area contributed by atoms with E-state index in [4.69, 9.17) is 18.9 Å². The number of carbonyl (C=O) groups excluding carboxylic acids is 2. The highest BCUT2D eigenvalue weighted by Gasteiger charge is 2.16. The number of rotatable bonds is 7. The third kappa shape index (κ3) is 4.49. The lowest BCUT2D eigenvalue weighted by Crippen LogP contribution is -2.16. The van der Waals surface area contributed by atoms with Crippen LogP contribution in [0.4, 0.5) is 5.69 Å². The van der Waals surface area contributed by atoms with E-state index >= 15 is 0 Å². The van der Waals surface area contributed by atoms with Crippen molar-refractivity contribution in [2.24, 2.45) is 0 Å². The maximum Gasteiger partial charge on any atom is 0.338 e. The third-order valence-electron chi connectivity index (χ3n) is 4.10. The van der Waals surface area contributed by atoms with E-state index in [1.54, 1.807) is 37.3 Å². The maximum absolute atomic E-state index is 12.5. The lowest BCUT2D eigenvalue weighted by Gasteiger charge is -2.15. The molecule has 0 saturated heterocycles. The molecule has 0 fully saturated rings. The Hall–Kier alpha value is -3.22. The Labute approximate surface area is 158 Å². The molecular formula is C20H23NO6. The van der Waals surface area contributed by atoms with E-state index in [2.05, 4.69) is 5.32 Å². The van der Waals surface area contributed by atoms with Gasteiger partial charge in [0.2, 0.25) is 11.7 Å². The Morgan fingerprint density at radius 2 is 1.59 bits per heavy atom. The van der Waals surface area contributed by atoms with Gasteiger partial charge in [-0.25, -0.2) is 4.79 Å². The highest BCUT2D eigenvalue weighted by atomic mass is 16.5. The van der Waals surface area contributed by atoms with Gasteiger partial charge in [-0.05, 0) is 42.3 Å². The first kappa shape index (κ1) is 20.1. The zero-order chi connectivity index (χ0) is 20.0. The molecule has 7 heteroatoms. The first-order valence-electron chi connectivity index (χ1n) is 8.21. The van der Waals surface area contributed by atoms with Crippen LogP contribution in [-0.2, 0) is 16.0 Å². The number of hydrogen-bond donors (Lipinski definition) is 1. The molecule has 2 aromatic rings. The molecule has 0 bridgehead atoms. The van der Waals surface area contributed by atoms with Gasteiger partial charge in [-0.3, -0.25) is 4.79 Å². The van der Waals surface area contributed by atoms with E-state index in [9.17, 15) is 9.59 Å². The molecule has 0 aromatic heterocycles. The smallest absolute Gasteiger partial charge is 0.338 e. The van der Waals surface area contributed by atoms with Crippen molar-refractivity contribution in [3.05, 3.63) is 47.0 Å². The van der Waals surface area contributed by atoms with Gasteiger partial charge in [0.05, 0.1) is 40.4 Å². The highest BCUT2D eigenvalue weighted by Crippen LogP contribution is 2.38. The molecule has 0 radical (unpaired) electrons. The van der Waals surface area contributed by atoms with Crippen molar-refractivity contribution in [2.75, 3.05) is 33.8 Å². The van der Waals surface area contributed by atoms with Crippen molar-refractivity contribution < 1.29 is 28.5 Å². The normalized spacial score (nSPS) is 10.1. The van der Waals surface area contributed by atoms with E-state index in [1.807, 2.05) is 0 Å². The van der Waals surface area contributed by atoms with Gasteiger partial charge in [0.1, 0.15) is 0 Å². The Morgan fingerprint density at radius 1 is 0.963 bits per heavy atom. The molecule has 7 nitrogen and oxygen atoms in total. The summed E-state index contributed by atoms with van der Waals surface area (Å²) >= 11 is 0. The minimum absolute atomic E-state index is 0.0958. The maximum atomic E-state index is 12.5. The van der Waals surface area contributed by atoms with Crippen LogP contribution in [0.15, 0.2) is 30.3 Å². The molecule has 2 aromatic carbocycles. The fourth-order valence-electron chi connectivity index (χ4n) is 2.72. The summed E-state index contributed by atoms with van der Waals surface area (Å²) < 4.78 is 20.6. The van der Waals surface area contributed by atoms with Crippen molar-refractivity contribution in [1.82, 2.24) is 0 Å². The molecule has 0 aliphatic carbocycles. The molecule has 0 aliphatic heterocycles. The van der Waals surface area contributed by atoms with E-state index < -0.39 is 5.97 Å². The summed E-state index contributed by atoms with van der Waals surface area (Å²) in [4.78, 5) is 24.3. The Morgan fingerprint density at radius 3 is 2.11 bits per heavy atom. The SMILES string of the molecule is COC(=O)c1cccc(NC(=O)Cc2cc(OC)c(OC)c(OC)c2)c1C. The van der Waals surface area contributed by atoms with E-state index in [1.165, 1.54) is 28.4 Å². The summed E-state index contributed by atoms with van der Waals surface area (Å²) in [5.74, 6) is 0.723. The van der Waals surface area contributed by atoms with E-state index in [0.717, 1.165) is 0 Å². The largest absolute Gasteiger partial charge is 0.493 e. The third-order valence-corrected chi connectivity index (χ3v) is 4.10. The number of methoxy groups -OCH3 is 4. The number of carbonyl (C=O) groups is 2.